The number of benzene rings is 2. The highest BCUT2D eigenvalue weighted by atomic mass is 79.9. The zero-order valence-corrected chi connectivity index (χ0v) is 14.5. The third-order valence-electron chi connectivity index (χ3n) is 3.87. The fourth-order valence-electron chi connectivity index (χ4n) is 2.78. The molecule has 0 saturated carbocycles. The summed E-state index contributed by atoms with van der Waals surface area (Å²) < 4.78 is 19.0. The van der Waals surface area contributed by atoms with Crippen LogP contribution in [0.15, 0.2) is 39.2 Å². The van der Waals surface area contributed by atoms with E-state index in [0.29, 0.717) is 22.9 Å². The molecule has 128 valence electrons. The molecule has 2 aromatic carbocycles. The molecule has 25 heavy (non-hydrogen) atoms. The number of nitro benzene ring substituents is 1. The van der Waals surface area contributed by atoms with Gasteiger partial charge >= 0.3 is 5.97 Å². The van der Waals surface area contributed by atoms with Crippen molar-refractivity contribution in [2.24, 2.45) is 0 Å². The van der Waals surface area contributed by atoms with Crippen LogP contribution in [-0.4, -0.2) is 16.0 Å². The van der Waals surface area contributed by atoms with Crippen LogP contribution in [0.2, 0.25) is 0 Å². The zero-order valence-electron chi connectivity index (χ0n) is 12.9. The van der Waals surface area contributed by atoms with Crippen LogP contribution in [0.5, 0.6) is 0 Å². The van der Waals surface area contributed by atoms with Crippen molar-refractivity contribution >= 4 is 38.6 Å². The van der Waals surface area contributed by atoms with Crippen LogP contribution in [-0.2, 0) is 6.42 Å². The second kappa shape index (κ2) is 6.29. The topological polar surface area (TPSA) is 93.6 Å². The molecule has 0 aliphatic carbocycles. The van der Waals surface area contributed by atoms with Crippen LogP contribution >= 0.6 is 15.9 Å². The molecular formula is C17H11BrFNO5. The summed E-state index contributed by atoms with van der Waals surface area (Å²) in [5.74, 6) is -1.66. The molecule has 0 aliphatic heterocycles. The van der Waals surface area contributed by atoms with Gasteiger partial charge in [-0.2, -0.15) is 0 Å². The number of rotatable bonds is 4. The maximum Gasteiger partial charge on any atom is 0.340 e. The lowest BCUT2D eigenvalue weighted by Crippen LogP contribution is -2.00. The van der Waals surface area contributed by atoms with E-state index in [0.717, 1.165) is 0 Å². The molecule has 0 spiro atoms. The highest BCUT2D eigenvalue weighted by Gasteiger charge is 2.28. The Morgan fingerprint density at radius 2 is 2.00 bits per heavy atom. The highest BCUT2D eigenvalue weighted by molar-refractivity contribution is 9.10. The van der Waals surface area contributed by atoms with Gasteiger partial charge in [0.2, 0.25) is 0 Å². The standard InChI is InChI=1S/C17H11BrFNO5/c1-2-10-13-12(7-11(15(10)18)20(23)24)25-16(14(13)17(21)22)8-3-5-9(19)6-4-8/h3-7H,2H2,1H3,(H,21,22). The fraction of sp³-hybridized carbons (Fsp3) is 0.118. The van der Waals surface area contributed by atoms with Gasteiger partial charge in [-0.3, -0.25) is 10.1 Å². The molecule has 0 fully saturated rings. The first kappa shape index (κ1) is 17.1. The van der Waals surface area contributed by atoms with E-state index in [4.69, 9.17) is 4.42 Å². The smallest absolute Gasteiger partial charge is 0.340 e. The molecule has 1 heterocycles. The number of aryl methyl sites for hydroxylation is 1. The lowest BCUT2D eigenvalue weighted by atomic mass is 10.00. The summed E-state index contributed by atoms with van der Waals surface area (Å²) in [6.45, 7) is 1.76. The van der Waals surface area contributed by atoms with Crippen molar-refractivity contribution in [3.05, 3.63) is 61.9 Å². The van der Waals surface area contributed by atoms with E-state index in [-0.39, 0.29) is 27.1 Å². The molecule has 1 N–H and O–H groups in total. The van der Waals surface area contributed by atoms with Gasteiger partial charge in [0.15, 0.2) is 0 Å². The molecule has 0 aliphatic rings. The normalized spacial score (nSPS) is 11.0. The number of nitro groups is 1. The van der Waals surface area contributed by atoms with Crippen molar-refractivity contribution in [1.29, 1.82) is 0 Å². The summed E-state index contributed by atoms with van der Waals surface area (Å²) in [6.07, 6.45) is 0.363. The predicted octanol–water partition coefficient (Wildman–Crippen LogP) is 5.17. The number of furan rings is 1. The van der Waals surface area contributed by atoms with E-state index in [1.54, 1.807) is 6.92 Å². The lowest BCUT2D eigenvalue weighted by Gasteiger charge is -2.05. The van der Waals surface area contributed by atoms with Crippen LogP contribution in [0.25, 0.3) is 22.3 Å². The van der Waals surface area contributed by atoms with Crippen LogP contribution in [0.1, 0.15) is 22.8 Å². The van der Waals surface area contributed by atoms with Crippen LogP contribution in [0, 0.1) is 15.9 Å². The van der Waals surface area contributed by atoms with Crippen molar-refractivity contribution in [1.82, 2.24) is 0 Å². The third-order valence-corrected chi connectivity index (χ3v) is 4.75. The summed E-state index contributed by atoms with van der Waals surface area (Å²) in [6, 6.07) is 6.36. The van der Waals surface area contributed by atoms with Gasteiger partial charge in [-0.25, -0.2) is 9.18 Å². The molecule has 3 aromatic rings. The van der Waals surface area contributed by atoms with E-state index in [9.17, 15) is 24.4 Å². The predicted molar refractivity (Wildman–Crippen MR) is 92.3 cm³/mol. The molecule has 1 aromatic heterocycles. The third kappa shape index (κ3) is 2.78. The quantitative estimate of drug-likeness (QED) is 0.475. The Labute approximate surface area is 149 Å². The van der Waals surface area contributed by atoms with Gasteiger partial charge in [-0.05, 0) is 52.2 Å². The molecule has 8 heteroatoms. The van der Waals surface area contributed by atoms with Crippen molar-refractivity contribution in [2.45, 2.75) is 13.3 Å². The van der Waals surface area contributed by atoms with E-state index in [1.807, 2.05) is 0 Å². The SMILES string of the molecule is CCc1c(Br)c([N+](=O)[O-])cc2oc(-c3ccc(F)cc3)c(C(=O)O)c12. The second-order valence-electron chi connectivity index (χ2n) is 5.29. The Hall–Kier alpha value is -2.74. The van der Waals surface area contributed by atoms with Crippen LogP contribution < -0.4 is 0 Å². The van der Waals surface area contributed by atoms with E-state index in [1.165, 1.54) is 30.3 Å². The number of hydrogen-bond donors (Lipinski definition) is 1. The van der Waals surface area contributed by atoms with Gasteiger partial charge in [0, 0.05) is 10.9 Å². The van der Waals surface area contributed by atoms with Gasteiger partial charge in [0.1, 0.15) is 22.7 Å². The summed E-state index contributed by atoms with van der Waals surface area (Å²) in [5, 5.41) is 21.2. The van der Waals surface area contributed by atoms with Gasteiger partial charge < -0.3 is 9.52 Å². The van der Waals surface area contributed by atoms with Crippen LogP contribution in [0.4, 0.5) is 10.1 Å². The Kier molecular flexibility index (Phi) is 4.30. The summed E-state index contributed by atoms with van der Waals surface area (Å²) in [5.41, 5.74) is 0.632. The van der Waals surface area contributed by atoms with Gasteiger partial charge in [-0.1, -0.05) is 6.92 Å². The maximum absolute atomic E-state index is 13.2. The Morgan fingerprint density at radius 1 is 1.36 bits per heavy atom. The Bertz CT molecular complexity index is 1010. The lowest BCUT2D eigenvalue weighted by molar-refractivity contribution is -0.385. The second-order valence-corrected chi connectivity index (χ2v) is 6.08. The summed E-state index contributed by atoms with van der Waals surface area (Å²) in [4.78, 5) is 22.5. The minimum atomic E-state index is -1.23. The van der Waals surface area contributed by atoms with Gasteiger partial charge in [-0.15, -0.1) is 0 Å². The highest BCUT2D eigenvalue weighted by Crippen LogP contribution is 2.42. The molecule has 0 saturated heterocycles. The van der Waals surface area contributed by atoms with Crippen molar-refractivity contribution in [3.8, 4) is 11.3 Å². The van der Waals surface area contributed by atoms with E-state index >= 15 is 0 Å². The molecular weight excluding hydrogens is 397 g/mol. The Morgan fingerprint density at radius 3 is 2.52 bits per heavy atom. The van der Waals surface area contributed by atoms with Crippen molar-refractivity contribution in [2.75, 3.05) is 0 Å². The molecule has 0 unspecified atom stereocenters. The molecule has 6 nitrogen and oxygen atoms in total. The number of fused-ring (bicyclic) bond motifs is 1. The molecule has 0 bridgehead atoms. The van der Waals surface area contributed by atoms with Crippen LogP contribution in [0.3, 0.4) is 0 Å². The van der Waals surface area contributed by atoms with Crippen molar-refractivity contribution in [3.63, 3.8) is 0 Å². The number of carbonyl (C=O) groups is 1. The first-order valence-corrected chi connectivity index (χ1v) is 8.06. The minimum absolute atomic E-state index is 0.0320. The number of hydrogen-bond acceptors (Lipinski definition) is 4. The monoisotopic (exact) mass is 407 g/mol. The van der Waals surface area contributed by atoms with Gasteiger partial charge in [0.25, 0.3) is 5.69 Å². The summed E-state index contributed by atoms with van der Waals surface area (Å²) >= 11 is 3.20. The first-order valence-electron chi connectivity index (χ1n) is 7.26. The van der Waals surface area contributed by atoms with Crippen molar-refractivity contribution < 1.29 is 23.6 Å². The summed E-state index contributed by atoms with van der Waals surface area (Å²) in [7, 11) is 0. The first-order chi connectivity index (χ1) is 11.8. The molecule has 0 atom stereocenters. The fourth-order valence-corrected chi connectivity index (χ4v) is 3.51. The Balaban J connectivity index is 2.44. The van der Waals surface area contributed by atoms with Gasteiger partial charge in [0.05, 0.1) is 15.5 Å². The maximum atomic E-state index is 13.2. The molecule has 3 rings (SSSR count). The zero-order chi connectivity index (χ0) is 18.3. The molecule has 0 radical (unpaired) electrons. The number of carboxylic acids is 1. The largest absolute Gasteiger partial charge is 0.478 e. The number of nitrogens with zero attached hydrogens (tertiary/aromatic N) is 1. The number of aromatic carboxylic acids is 1. The number of carboxylic acid groups (broad SMARTS) is 1. The minimum Gasteiger partial charge on any atom is -0.478 e. The molecule has 0 amide bonds. The average molecular weight is 408 g/mol. The average Bonchev–Trinajstić information content (AvgIpc) is 2.94. The number of halogens is 2. The van der Waals surface area contributed by atoms with E-state index in [2.05, 4.69) is 15.9 Å². The van der Waals surface area contributed by atoms with E-state index < -0.39 is 16.7 Å².